The normalized spacial score (nSPS) is 30.0. The maximum absolute atomic E-state index is 15.0. The van der Waals surface area contributed by atoms with E-state index in [0.717, 1.165) is 25.7 Å². The first kappa shape index (κ1) is 45.9. The molecule has 2 amide bonds. The highest BCUT2D eigenvalue weighted by Gasteiger charge is 2.78. The Kier molecular flexibility index (Phi) is 12.2. The molecule has 8 atom stereocenters. The minimum absolute atomic E-state index is 0.0114. The van der Waals surface area contributed by atoms with E-state index in [1.807, 2.05) is 12.1 Å². The number of benzene rings is 2. The van der Waals surface area contributed by atoms with E-state index in [1.54, 1.807) is 77.1 Å². The van der Waals surface area contributed by atoms with Crippen molar-refractivity contribution in [3.05, 3.63) is 76.9 Å². The molecule has 4 heterocycles. The van der Waals surface area contributed by atoms with Crippen LogP contribution in [0.1, 0.15) is 107 Å². The van der Waals surface area contributed by atoms with Crippen molar-refractivity contribution in [3.8, 4) is 0 Å². The molecule has 17 nitrogen and oxygen atoms in total. The van der Waals surface area contributed by atoms with Crippen LogP contribution in [-0.2, 0) is 70.3 Å². The largest absolute Gasteiger partial charge is 0.462 e. The van der Waals surface area contributed by atoms with Crippen LogP contribution in [0.2, 0.25) is 0 Å². The number of hydroxylamine groups is 2. The molecule has 354 valence electrons. The zero-order valence-electron chi connectivity index (χ0n) is 37.9. The zero-order chi connectivity index (χ0) is 46.8. The average molecular weight is 914 g/mol. The van der Waals surface area contributed by atoms with Gasteiger partial charge in [0.1, 0.15) is 42.0 Å². The highest BCUT2D eigenvalue weighted by molar-refractivity contribution is 5.95. The fourth-order valence-electron chi connectivity index (χ4n) is 10.2. The van der Waals surface area contributed by atoms with Crippen LogP contribution in [0.25, 0.3) is 6.08 Å². The van der Waals surface area contributed by atoms with E-state index in [4.69, 9.17) is 33.3 Å². The Bertz CT molecular complexity index is 2290. The van der Waals surface area contributed by atoms with Gasteiger partial charge < -0.3 is 44.2 Å². The molecule has 0 aromatic heterocycles. The van der Waals surface area contributed by atoms with Gasteiger partial charge in [0.25, 0.3) is 5.91 Å². The van der Waals surface area contributed by atoms with Gasteiger partial charge in [-0.05, 0) is 87.8 Å². The second-order valence-electron chi connectivity index (χ2n) is 20.5. The molecule has 7 aliphatic rings. The van der Waals surface area contributed by atoms with E-state index in [1.165, 1.54) is 11.1 Å². The van der Waals surface area contributed by atoms with Crippen LogP contribution >= 0.6 is 0 Å². The summed E-state index contributed by atoms with van der Waals surface area (Å²) in [5.74, 6) is -3.64. The molecule has 4 saturated heterocycles. The van der Waals surface area contributed by atoms with Crippen molar-refractivity contribution in [3.63, 3.8) is 0 Å². The van der Waals surface area contributed by atoms with E-state index in [0.29, 0.717) is 16.7 Å². The van der Waals surface area contributed by atoms with Crippen LogP contribution in [0.5, 0.6) is 0 Å². The fourth-order valence-corrected chi connectivity index (χ4v) is 10.2. The van der Waals surface area contributed by atoms with Crippen molar-refractivity contribution in [2.24, 2.45) is 22.7 Å². The van der Waals surface area contributed by atoms with Gasteiger partial charge in [0, 0.05) is 48.3 Å². The van der Waals surface area contributed by atoms with Crippen molar-refractivity contribution < 1.29 is 67.1 Å². The minimum atomic E-state index is -1.44. The van der Waals surface area contributed by atoms with Gasteiger partial charge in [-0.25, -0.2) is 9.59 Å². The third-order valence-electron chi connectivity index (χ3n) is 13.7. The number of hydrogen-bond donors (Lipinski definition) is 3. The summed E-state index contributed by atoms with van der Waals surface area (Å²) in [6.45, 7) is 8.73. The maximum Gasteiger partial charge on any atom is 0.348 e. The Morgan fingerprint density at radius 2 is 1.67 bits per heavy atom. The lowest BCUT2D eigenvalue weighted by atomic mass is 9.62. The lowest BCUT2D eigenvalue weighted by Crippen LogP contribution is -2.69. The first-order chi connectivity index (χ1) is 31.4. The molecule has 3 N–H and O–H groups in total. The van der Waals surface area contributed by atoms with Crippen LogP contribution in [0, 0.1) is 22.7 Å². The molecule has 3 saturated carbocycles. The van der Waals surface area contributed by atoms with E-state index < -0.39 is 101 Å². The highest BCUT2D eigenvalue weighted by atomic mass is 16.8. The van der Waals surface area contributed by atoms with Crippen LogP contribution in [0.15, 0.2) is 54.6 Å². The Morgan fingerprint density at radius 3 is 2.35 bits per heavy atom. The minimum Gasteiger partial charge on any atom is -0.462 e. The molecule has 3 aliphatic carbocycles. The Hall–Kier alpha value is -5.20. The Morgan fingerprint density at radius 1 is 0.955 bits per heavy atom. The van der Waals surface area contributed by atoms with Crippen molar-refractivity contribution in [2.45, 2.75) is 147 Å². The van der Waals surface area contributed by atoms with Gasteiger partial charge in [0.15, 0.2) is 11.8 Å². The molecule has 0 unspecified atom stereocenters. The first-order valence-corrected chi connectivity index (χ1v) is 23.0. The molecular weight excluding hydrogens is 855 g/mol. The number of rotatable bonds is 16. The molecule has 2 aromatic carbocycles. The van der Waals surface area contributed by atoms with Gasteiger partial charge in [-0.15, -0.1) is 0 Å². The first-order valence-electron chi connectivity index (χ1n) is 23.0. The van der Waals surface area contributed by atoms with Crippen molar-refractivity contribution in [2.75, 3.05) is 13.2 Å². The third kappa shape index (κ3) is 8.99. The van der Waals surface area contributed by atoms with Crippen molar-refractivity contribution in [1.82, 2.24) is 15.7 Å². The third-order valence-corrected chi connectivity index (χ3v) is 13.7. The summed E-state index contributed by atoms with van der Waals surface area (Å²) in [5, 5.41) is 17.4. The Balaban J connectivity index is 0.927. The van der Waals surface area contributed by atoms with E-state index >= 15 is 4.79 Å². The number of esters is 4. The lowest BCUT2D eigenvalue weighted by molar-refractivity contribution is -0.235. The van der Waals surface area contributed by atoms with Gasteiger partial charge in [0.2, 0.25) is 12.0 Å². The van der Waals surface area contributed by atoms with Gasteiger partial charge in [-0.3, -0.25) is 24.0 Å². The van der Waals surface area contributed by atoms with Gasteiger partial charge in [-0.1, -0.05) is 50.2 Å². The lowest BCUT2D eigenvalue weighted by Gasteiger charge is -2.48. The molecule has 0 spiro atoms. The van der Waals surface area contributed by atoms with Crippen LogP contribution in [-0.4, -0.2) is 113 Å². The van der Waals surface area contributed by atoms with Gasteiger partial charge in [0.05, 0.1) is 19.2 Å². The molecule has 66 heavy (non-hydrogen) atoms. The zero-order valence-corrected chi connectivity index (χ0v) is 37.9. The number of amides is 2. The number of aliphatic hydroxyl groups excluding tert-OH is 1. The average Bonchev–Trinajstić information content (AvgIpc) is 4.22. The number of fused-ring (bicyclic) bond motifs is 4. The second kappa shape index (κ2) is 17.5. The summed E-state index contributed by atoms with van der Waals surface area (Å²) in [6.07, 6.45) is 2.96. The fraction of sp³-hybridized carbons (Fsp3) is 0.592. The highest BCUT2D eigenvalue weighted by Crippen LogP contribution is 2.64. The molecule has 17 heteroatoms. The second-order valence-corrected chi connectivity index (χ2v) is 20.5. The number of carbonyl (C=O) groups is 6. The quantitative estimate of drug-likeness (QED) is 0.124. The van der Waals surface area contributed by atoms with Gasteiger partial charge in [-0.2, -0.15) is 5.06 Å². The van der Waals surface area contributed by atoms with Crippen LogP contribution < -0.4 is 10.6 Å². The molecule has 7 fully saturated rings. The number of nitrogens with one attached hydrogen (secondary N) is 2. The predicted molar refractivity (Wildman–Crippen MR) is 231 cm³/mol. The summed E-state index contributed by atoms with van der Waals surface area (Å²) in [5.41, 5.74) is -0.504. The summed E-state index contributed by atoms with van der Waals surface area (Å²) in [7, 11) is 0. The summed E-state index contributed by atoms with van der Waals surface area (Å²) in [6, 6.07) is 12.1. The molecule has 9 rings (SSSR count). The number of aliphatic hydroxyl groups is 1. The Labute approximate surface area is 383 Å². The molecule has 4 aliphatic heterocycles. The van der Waals surface area contributed by atoms with E-state index in [9.17, 15) is 29.1 Å². The van der Waals surface area contributed by atoms with Crippen molar-refractivity contribution >= 4 is 41.8 Å². The molecule has 2 aromatic rings. The topological polar surface area (TPSA) is 215 Å². The van der Waals surface area contributed by atoms with E-state index in [2.05, 4.69) is 10.6 Å². The smallest absolute Gasteiger partial charge is 0.348 e. The monoisotopic (exact) mass is 913 g/mol. The van der Waals surface area contributed by atoms with Crippen LogP contribution in [0.3, 0.4) is 0 Å². The summed E-state index contributed by atoms with van der Waals surface area (Å²) in [4.78, 5) is 86.7. The number of carbonyl (C=O) groups excluding carboxylic acids is 6. The number of ether oxygens (including phenoxy) is 6. The molecular formula is C49H59N3O14. The number of hydrogen-bond acceptors (Lipinski definition) is 15. The summed E-state index contributed by atoms with van der Waals surface area (Å²) >= 11 is 0. The maximum atomic E-state index is 15.0. The molecule has 0 radical (unpaired) electrons. The summed E-state index contributed by atoms with van der Waals surface area (Å²) < 4.78 is 35.9. The number of nitrogens with zero attached hydrogens (tertiary/aromatic N) is 1. The van der Waals surface area contributed by atoms with E-state index in [-0.39, 0.29) is 63.0 Å². The van der Waals surface area contributed by atoms with Gasteiger partial charge >= 0.3 is 23.9 Å². The standard InChI is InChI=1S/C49H59N3O14/c1-46(2,3)63-36(55)19-17-33(25-53)51-42(56)30-11-7-9-28(21-30)23-50-45(59)48-22-34-37-38(65-49(64-37,31-13-14-31)32-15-16-32)40(48)66-52(39(48)43(57)61-34)24-29-10-6-8-27(20-29)12-18-35(54)62-41-44(58)60-26-47(41,4)5/h6-12,18,20-21,31-34,37-41,53H,13-17,19,22-26H2,1-5H3,(H,50,59)(H,51,56)/t33-,34+,37-,38-,39-,40+,41-,48-/m0/s1. The van der Waals surface area contributed by atoms with Crippen molar-refractivity contribution in [1.29, 1.82) is 0 Å². The predicted octanol–water partition coefficient (Wildman–Crippen LogP) is 3.82. The molecule has 2 bridgehead atoms. The number of cyclic esters (lactones) is 1. The SMILES string of the molecule is CC(C)(C)OC(=O)CC[C@@H](CO)NC(=O)c1cccc(CNC(=O)[C@@]23C[C@H]4OC(=O)[C@@H]2N(Cc2cccc(C=CC(=O)O[C@H]5C(=O)OCC5(C)C)c2)O[C@@H]3[C@H]2OC(C3CC3)(C3CC3)O[C@H]24)c1. The van der Waals surface area contributed by atoms with Crippen LogP contribution in [0.4, 0.5) is 0 Å².